The molecule has 0 unspecified atom stereocenters. The van der Waals surface area contributed by atoms with E-state index < -0.39 is 23.4 Å². The lowest BCUT2D eigenvalue weighted by Crippen LogP contribution is -2.30. The van der Waals surface area contributed by atoms with Crippen molar-refractivity contribution in [2.45, 2.75) is 32.1 Å². The second-order valence-corrected chi connectivity index (χ2v) is 11.8. The van der Waals surface area contributed by atoms with Crippen LogP contribution < -0.4 is 10.1 Å². The van der Waals surface area contributed by atoms with Crippen molar-refractivity contribution in [3.8, 4) is 40.6 Å². The average Bonchev–Trinajstić information content (AvgIpc) is 3.95. The zero-order chi connectivity index (χ0) is 31.0. The number of anilines is 1. The molecule has 44 heavy (non-hydrogen) atoms. The van der Waals surface area contributed by atoms with Gasteiger partial charge in [0.1, 0.15) is 22.6 Å². The van der Waals surface area contributed by atoms with E-state index in [1.807, 2.05) is 0 Å². The number of hydrogen-bond acceptors (Lipinski definition) is 8. The van der Waals surface area contributed by atoms with Crippen molar-refractivity contribution in [2.75, 3.05) is 26.5 Å². The number of hydrogen-bond donors (Lipinski definition) is 1. The monoisotopic (exact) mass is 612 g/mol. The molecule has 2 aliphatic rings. The van der Waals surface area contributed by atoms with Gasteiger partial charge in [-0.15, -0.1) is 0 Å². The number of nitrogens with zero attached hydrogens (tertiary/aromatic N) is 5. The molecule has 2 amide bonds. The summed E-state index contributed by atoms with van der Waals surface area (Å²) in [7, 11) is 4.76. The Morgan fingerprint density at radius 1 is 1.09 bits per heavy atom. The first-order valence-electron chi connectivity index (χ1n) is 13.8. The fourth-order valence-electron chi connectivity index (χ4n) is 4.53. The lowest BCUT2D eigenvalue weighted by atomic mass is 9.95. The van der Waals surface area contributed by atoms with E-state index in [1.54, 1.807) is 38.5 Å². The number of carbonyl (C=O) groups excluding carboxylic acids is 2. The van der Waals surface area contributed by atoms with Crippen LogP contribution >= 0.6 is 11.3 Å². The molecule has 0 atom stereocenters. The molecule has 9 nitrogen and oxygen atoms in total. The van der Waals surface area contributed by atoms with Gasteiger partial charge in [-0.2, -0.15) is 4.98 Å². The van der Waals surface area contributed by atoms with Gasteiger partial charge in [0.25, 0.3) is 12.3 Å². The molecular formula is C32H26F2N6O3S. The van der Waals surface area contributed by atoms with Gasteiger partial charge in [-0.05, 0) is 61.4 Å². The summed E-state index contributed by atoms with van der Waals surface area (Å²) in [6.45, 7) is 0. The highest BCUT2D eigenvalue weighted by Gasteiger charge is 2.49. The Morgan fingerprint density at radius 3 is 2.57 bits per heavy atom. The number of carbonyl (C=O) groups is 2. The molecule has 12 heteroatoms. The summed E-state index contributed by atoms with van der Waals surface area (Å²) >= 11 is 1.15. The van der Waals surface area contributed by atoms with Crippen molar-refractivity contribution in [3.05, 3.63) is 59.2 Å². The smallest absolute Gasteiger partial charge is 0.280 e. The second-order valence-electron chi connectivity index (χ2n) is 10.8. The highest BCUT2D eigenvalue weighted by atomic mass is 32.1. The number of ether oxygens (including phenoxy) is 1. The van der Waals surface area contributed by atoms with E-state index in [9.17, 15) is 18.4 Å². The zero-order valence-electron chi connectivity index (χ0n) is 24.1. The number of benzene rings is 1. The Balaban J connectivity index is 1.37. The van der Waals surface area contributed by atoms with Gasteiger partial charge in [-0.3, -0.25) is 19.9 Å². The number of nitrogens with one attached hydrogen (secondary N) is 1. The van der Waals surface area contributed by atoms with Crippen LogP contribution in [0.1, 0.15) is 59.4 Å². The predicted molar refractivity (Wildman–Crippen MR) is 161 cm³/mol. The van der Waals surface area contributed by atoms with E-state index in [4.69, 9.17) is 4.74 Å². The van der Waals surface area contributed by atoms with Crippen LogP contribution in [-0.2, 0) is 4.79 Å². The van der Waals surface area contributed by atoms with Gasteiger partial charge < -0.3 is 9.64 Å². The van der Waals surface area contributed by atoms with E-state index in [0.29, 0.717) is 46.1 Å². The summed E-state index contributed by atoms with van der Waals surface area (Å²) in [5.74, 6) is 12.3. The number of fused-ring (bicyclic) bond motifs is 1. The minimum atomic E-state index is -2.84. The summed E-state index contributed by atoms with van der Waals surface area (Å²) in [6.07, 6.45) is 3.41. The number of pyridine rings is 1. The third-order valence-corrected chi connectivity index (χ3v) is 8.08. The maximum absolute atomic E-state index is 13.7. The van der Waals surface area contributed by atoms with Crippen LogP contribution in [0.3, 0.4) is 0 Å². The highest BCUT2D eigenvalue weighted by Crippen LogP contribution is 2.46. The largest absolute Gasteiger partial charge is 0.494 e. The molecule has 2 fully saturated rings. The molecule has 0 aliphatic heterocycles. The fraction of sp³-hybridized carbons (Fsp3) is 0.312. The molecule has 4 aromatic rings. The van der Waals surface area contributed by atoms with Crippen LogP contribution in [0.5, 0.6) is 5.75 Å². The lowest BCUT2D eigenvalue weighted by molar-refractivity contribution is -0.132. The molecule has 2 aliphatic carbocycles. The number of amides is 2. The normalized spacial score (nSPS) is 14.7. The molecule has 1 N–H and O–H groups in total. The Kier molecular flexibility index (Phi) is 7.70. The number of alkyl halides is 2. The molecule has 0 spiro atoms. The maximum atomic E-state index is 13.7. The number of aromatic nitrogens is 4. The zero-order valence-corrected chi connectivity index (χ0v) is 24.9. The van der Waals surface area contributed by atoms with Crippen LogP contribution in [0.15, 0.2) is 36.7 Å². The highest BCUT2D eigenvalue weighted by molar-refractivity contribution is 7.21. The summed E-state index contributed by atoms with van der Waals surface area (Å²) in [4.78, 5) is 45.3. The van der Waals surface area contributed by atoms with Crippen LogP contribution in [0.2, 0.25) is 0 Å². The first kappa shape index (κ1) is 29.1. The predicted octanol–water partition coefficient (Wildman–Crippen LogP) is 5.33. The molecule has 3 aromatic heterocycles. The van der Waals surface area contributed by atoms with Crippen molar-refractivity contribution in [1.29, 1.82) is 0 Å². The standard InChI is InChI=1S/C32H26F2N6O3S/c1-40(2)30(42)32(12-13-32)11-10-19-7-9-21(22(14-19)23-15-24(26(33)34)35-17-25(23)43-3)28(41)39-31-38-27-29(44-31)37-20(16-36-27)8-6-18-4-5-18/h7,9,14-18,26H,4-5,12-13H2,1-3H3,(H,36,38,39,41). The van der Waals surface area contributed by atoms with E-state index in [2.05, 4.69) is 48.9 Å². The third kappa shape index (κ3) is 6.08. The SMILES string of the molecule is COc1cnc(C(F)F)cc1-c1cc(C#CC2(C(=O)N(C)C)CC2)ccc1C(=O)Nc1nc2ncc(C#CC3CC3)nc2s1. The van der Waals surface area contributed by atoms with Gasteiger partial charge in [-0.25, -0.2) is 18.7 Å². The quantitative estimate of drug-likeness (QED) is 0.293. The van der Waals surface area contributed by atoms with E-state index in [0.717, 1.165) is 24.2 Å². The number of halogens is 2. The molecule has 222 valence electrons. The number of rotatable bonds is 6. The molecule has 0 bridgehead atoms. The lowest BCUT2D eigenvalue weighted by Gasteiger charge is -2.15. The molecule has 1 aromatic carbocycles. The van der Waals surface area contributed by atoms with Gasteiger partial charge in [0.05, 0.1) is 19.5 Å². The Bertz CT molecular complexity index is 1930. The minimum Gasteiger partial charge on any atom is -0.494 e. The first-order chi connectivity index (χ1) is 21.2. The van der Waals surface area contributed by atoms with Crippen molar-refractivity contribution in [1.82, 2.24) is 24.8 Å². The van der Waals surface area contributed by atoms with Crippen LogP contribution in [0.4, 0.5) is 13.9 Å². The fourth-order valence-corrected chi connectivity index (χ4v) is 5.33. The van der Waals surface area contributed by atoms with Crippen molar-refractivity contribution >= 4 is 38.8 Å². The number of methoxy groups -OCH3 is 1. The third-order valence-electron chi connectivity index (χ3n) is 7.22. The van der Waals surface area contributed by atoms with Gasteiger partial charge in [0, 0.05) is 36.7 Å². The molecular weight excluding hydrogens is 586 g/mol. The Morgan fingerprint density at radius 2 is 1.89 bits per heavy atom. The summed E-state index contributed by atoms with van der Waals surface area (Å²) < 4.78 is 32.8. The van der Waals surface area contributed by atoms with Crippen LogP contribution in [-0.4, -0.2) is 57.9 Å². The first-order valence-corrected chi connectivity index (χ1v) is 14.7. The second kappa shape index (κ2) is 11.6. The van der Waals surface area contributed by atoms with E-state index in [-0.39, 0.29) is 27.9 Å². The molecule has 0 saturated heterocycles. The van der Waals surface area contributed by atoms with Crippen molar-refractivity contribution in [3.63, 3.8) is 0 Å². The van der Waals surface area contributed by atoms with E-state index in [1.165, 1.54) is 24.3 Å². The molecule has 3 heterocycles. The van der Waals surface area contributed by atoms with Crippen LogP contribution in [0, 0.1) is 35.0 Å². The minimum absolute atomic E-state index is 0.0690. The molecule has 2 saturated carbocycles. The van der Waals surface area contributed by atoms with Crippen LogP contribution in [0.25, 0.3) is 21.6 Å². The number of thiazole rings is 1. The van der Waals surface area contributed by atoms with Crippen molar-refractivity contribution in [2.24, 2.45) is 11.3 Å². The van der Waals surface area contributed by atoms with Gasteiger partial charge in [0.2, 0.25) is 5.91 Å². The molecule has 6 rings (SSSR count). The Labute approximate surface area is 256 Å². The van der Waals surface area contributed by atoms with E-state index >= 15 is 0 Å². The van der Waals surface area contributed by atoms with Gasteiger partial charge >= 0.3 is 0 Å². The van der Waals surface area contributed by atoms with Gasteiger partial charge in [0.15, 0.2) is 15.6 Å². The average molecular weight is 613 g/mol. The maximum Gasteiger partial charge on any atom is 0.280 e. The Hall–Kier alpha value is -4.94. The summed E-state index contributed by atoms with van der Waals surface area (Å²) in [5.41, 5.74) is 0.896. The summed E-state index contributed by atoms with van der Waals surface area (Å²) in [5, 5.41) is 3.05. The summed E-state index contributed by atoms with van der Waals surface area (Å²) in [6, 6.07) is 6.02. The van der Waals surface area contributed by atoms with Crippen molar-refractivity contribution < 1.29 is 23.1 Å². The molecule has 0 radical (unpaired) electrons. The van der Waals surface area contributed by atoms with Gasteiger partial charge in [-0.1, -0.05) is 29.1 Å². The topological polar surface area (TPSA) is 110 Å².